The van der Waals surface area contributed by atoms with Crippen molar-refractivity contribution in [1.29, 1.82) is 0 Å². The van der Waals surface area contributed by atoms with Gasteiger partial charge in [0.15, 0.2) is 0 Å². The third-order valence-electron chi connectivity index (χ3n) is 6.29. The molecule has 1 fully saturated rings. The van der Waals surface area contributed by atoms with Crippen molar-refractivity contribution in [1.82, 2.24) is 0 Å². The summed E-state index contributed by atoms with van der Waals surface area (Å²) in [7, 11) is 0. The summed E-state index contributed by atoms with van der Waals surface area (Å²) in [5, 5.41) is 50.4. The zero-order chi connectivity index (χ0) is 24.3. The first-order valence-corrected chi connectivity index (χ1v) is 11.3. The second-order valence-electron chi connectivity index (χ2n) is 9.53. The van der Waals surface area contributed by atoms with Gasteiger partial charge in [-0.3, -0.25) is 4.79 Å². The number of aliphatic hydroxyl groups is 4. The van der Waals surface area contributed by atoms with Crippen LogP contribution in [0.4, 0.5) is 0 Å². The highest BCUT2D eigenvalue weighted by Gasteiger charge is 2.49. The highest BCUT2D eigenvalue weighted by atomic mass is 16.5. The van der Waals surface area contributed by atoms with Crippen LogP contribution in [0, 0.1) is 6.92 Å². The van der Waals surface area contributed by atoms with Crippen LogP contribution in [0.15, 0.2) is 42.5 Å². The third-order valence-corrected chi connectivity index (χ3v) is 6.29. The van der Waals surface area contributed by atoms with E-state index in [0.717, 1.165) is 22.3 Å². The van der Waals surface area contributed by atoms with E-state index >= 15 is 0 Å². The molecule has 0 spiro atoms. The van der Waals surface area contributed by atoms with Gasteiger partial charge in [0.2, 0.25) is 0 Å². The van der Waals surface area contributed by atoms with Gasteiger partial charge in [-0.25, -0.2) is 0 Å². The summed E-state index contributed by atoms with van der Waals surface area (Å²) in [5.74, 6) is -0.787. The molecule has 1 aliphatic heterocycles. The number of aliphatic hydroxyl groups excluding tert-OH is 3. The highest BCUT2D eigenvalue weighted by Crippen LogP contribution is 2.37. The molecule has 1 heterocycles. The number of carboxylic acid groups (broad SMARTS) is 1. The number of carboxylic acids is 1. The number of hydrogen-bond acceptors (Lipinski definition) is 6. The van der Waals surface area contributed by atoms with Crippen LogP contribution < -0.4 is 0 Å². The average molecular weight is 459 g/mol. The SMILES string of the molecule is Cc1ccc([C@@H]2O[C@H](C(C)(C)O)[C@@H](O)[C@H](O)[C@H]2O)cc1Cc1ccc(CCCC(=O)O)cc1. The van der Waals surface area contributed by atoms with Gasteiger partial charge in [0.1, 0.15) is 30.5 Å². The lowest BCUT2D eigenvalue weighted by atomic mass is 9.84. The first-order valence-electron chi connectivity index (χ1n) is 11.3. The Morgan fingerprint density at radius 3 is 2.21 bits per heavy atom. The predicted octanol–water partition coefficient (Wildman–Crippen LogP) is 2.29. The van der Waals surface area contributed by atoms with Crippen LogP contribution in [0.3, 0.4) is 0 Å². The highest BCUT2D eigenvalue weighted by molar-refractivity contribution is 5.66. The van der Waals surface area contributed by atoms with E-state index in [1.165, 1.54) is 13.8 Å². The lowest BCUT2D eigenvalue weighted by molar-refractivity contribution is -0.261. The molecule has 2 aromatic carbocycles. The van der Waals surface area contributed by atoms with Crippen molar-refractivity contribution in [3.8, 4) is 0 Å². The van der Waals surface area contributed by atoms with Crippen LogP contribution in [0.5, 0.6) is 0 Å². The smallest absolute Gasteiger partial charge is 0.303 e. The molecule has 3 rings (SSSR count). The molecule has 1 saturated heterocycles. The summed E-state index contributed by atoms with van der Waals surface area (Å²) in [5.41, 5.74) is 3.53. The molecule has 180 valence electrons. The fourth-order valence-electron chi connectivity index (χ4n) is 4.29. The van der Waals surface area contributed by atoms with Crippen molar-refractivity contribution < 1.29 is 35.1 Å². The normalized spacial score (nSPS) is 25.7. The second-order valence-corrected chi connectivity index (χ2v) is 9.53. The van der Waals surface area contributed by atoms with Gasteiger partial charge in [-0.1, -0.05) is 42.5 Å². The Hall–Kier alpha value is -2.29. The van der Waals surface area contributed by atoms with Crippen LogP contribution in [0.2, 0.25) is 0 Å². The van der Waals surface area contributed by atoms with Gasteiger partial charge in [0, 0.05) is 6.42 Å². The molecule has 0 unspecified atom stereocenters. The van der Waals surface area contributed by atoms with E-state index in [1.807, 2.05) is 49.4 Å². The Labute approximate surface area is 194 Å². The molecule has 5 atom stereocenters. The van der Waals surface area contributed by atoms with Crippen LogP contribution >= 0.6 is 0 Å². The Balaban J connectivity index is 1.77. The Bertz CT molecular complexity index is 948. The zero-order valence-electron chi connectivity index (χ0n) is 19.3. The van der Waals surface area contributed by atoms with Gasteiger partial charge < -0.3 is 30.3 Å². The number of ether oxygens (including phenoxy) is 1. The van der Waals surface area contributed by atoms with Gasteiger partial charge in [0.05, 0.1) is 5.60 Å². The summed E-state index contributed by atoms with van der Waals surface area (Å²) in [4.78, 5) is 10.7. The van der Waals surface area contributed by atoms with E-state index in [4.69, 9.17) is 9.84 Å². The average Bonchev–Trinajstić information content (AvgIpc) is 2.74. The number of benzene rings is 2. The summed E-state index contributed by atoms with van der Waals surface area (Å²) < 4.78 is 5.90. The summed E-state index contributed by atoms with van der Waals surface area (Å²) >= 11 is 0. The minimum atomic E-state index is -1.45. The molecule has 0 radical (unpaired) electrons. The molecule has 0 saturated carbocycles. The van der Waals surface area contributed by atoms with Crippen molar-refractivity contribution in [3.05, 3.63) is 70.3 Å². The quantitative estimate of drug-likeness (QED) is 0.411. The number of hydrogen-bond donors (Lipinski definition) is 5. The predicted molar refractivity (Wildman–Crippen MR) is 123 cm³/mol. The maximum absolute atomic E-state index is 10.7. The van der Waals surface area contributed by atoms with Crippen molar-refractivity contribution in [2.75, 3.05) is 0 Å². The molecule has 0 amide bonds. The Kier molecular flexibility index (Phi) is 7.92. The van der Waals surface area contributed by atoms with Gasteiger partial charge in [-0.2, -0.15) is 0 Å². The molecule has 7 heteroatoms. The topological polar surface area (TPSA) is 127 Å². The maximum atomic E-state index is 10.7. The van der Waals surface area contributed by atoms with Gasteiger partial charge in [0.25, 0.3) is 0 Å². The van der Waals surface area contributed by atoms with E-state index in [2.05, 4.69) is 0 Å². The molecule has 0 aromatic heterocycles. The third kappa shape index (κ3) is 6.19. The number of rotatable bonds is 8. The van der Waals surface area contributed by atoms with Gasteiger partial charge >= 0.3 is 5.97 Å². The minimum absolute atomic E-state index is 0.156. The molecule has 5 N–H and O–H groups in total. The maximum Gasteiger partial charge on any atom is 0.303 e. The minimum Gasteiger partial charge on any atom is -0.481 e. The standard InChI is InChI=1S/C26H34O7/c1-15-7-12-18(24-22(30)21(29)23(31)25(33-24)26(2,3)32)14-19(15)13-17-10-8-16(9-11-17)5-4-6-20(27)28/h7-12,14,21-25,29-32H,4-6,13H2,1-3H3,(H,27,28)/t21-,22-,23+,24+,25+/m1/s1. The van der Waals surface area contributed by atoms with Crippen molar-refractivity contribution in [3.63, 3.8) is 0 Å². The number of carbonyl (C=O) groups is 1. The molecule has 1 aliphatic rings. The molecule has 0 bridgehead atoms. The summed E-state index contributed by atoms with van der Waals surface area (Å²) in [6.45, 7) is 4.98. The first kappa shape index (κ1) is 25.3. The summed E-state index contributed by atoms with van der Waals surface area (Å²) in [6, 6.07) is 13.8. The van der Waals surface area contributed by atoms with E-state index in [0.29, 0.717) is 24.8 Å². The Morgan fingerprint density at radius 2 is 1.61 bits per heavy atom. The Morgan fingerprint density at radius 1 is 0.970 bits per heavy atom. The first-order chi connectivity index (χ1) is 15.5. The van der Waals surface area contributed by atoms with E-state index in [1.54, 1.807) is 0 Å². The van der Waals surface area contributed by atoms with Crippen LogP contribution in [0.25, 0.3) is 0 Å². The number of aryl methyl sites for hydroxylation is 2. The van der Waals surface area contributed by atoms with Gasteiger partial charge in [-0.15, -0.1) is 0 Å². The van der Waals surface area contributed by atoms with E-state index in [9.17, 15) is 25.2 Å². The lowest BCUT2D eigenvalue weighted by Crippen LogP contribution is -2.60. The zero-order valence-corrected chi connectivity index (χ0v) is 19.3. The molecule has 0 aliphatic carbocycles. The van der Waals surface area contributed by atoms with Crippen molar-refractivity contribution in [2.45, 2.75) is 82.6 Å². The number of aliphatic carboxylic acids is 1. The largest absolute Gasteiger partial charge is 0.481 e. The van der Waals surface area contributed by atoms with Crippen LogP contribution in [-0.2, 0) is 22.4 Å². The fraction of sp³-hybridized carbons (Fsp3) is 0.500. The van der Waals surface area contributed by atoms with E-state index < -0.39 is 42.1 Å². The monoisotopic (exact) mass is 458 g/mol. The lowest BCUT2D eigenvalue weighted by Gasteiger charge is -2.45. The molecule has 7 nitrogen and oxygen atoms in total. The summed E-state index contributed by atoms with van der Waals surface area (Å²) in [6.07, 6.45) is -4.01. The van der Waals surface area contributed by atoms with Crippen LogP contribution in [0.1, 0.15) is 60.6 Å². The fourth-order valence-corrected chi connectivity index (χ4v) is 4.29. The van der Waals surface area contributed by atoms with Gasteiger partial charge in [-0.05, 0) is 67.9 Å². The molecule has 2 aromatic rings. The van der Waals surface area contributed by atoms with E-state index in [-0.39, 0.29) is 6.42 Å². The molecular weight excluding hydrogens is 424 g/mol. The van der Waals surface area contributed by atoms with Crippen molar-refractivity contribution in [2.24, 2.45) is 0 Å². The molecular formula is C26H34O7. The second kappa shape index (κ2) is 10.3. The molecule has 33 heavy (non-hydrogen) atoms. The van der Waals surface area contributed by atoms with Crippen LogP contribution in [-0.4, -0.2) is 61.5 Å². The van der Waals surface area contributed by atoms with Crippen molar-refractivity contribution >= 4 is 5.97 Å².